The van der Waals surface area contributed by atoms with Crippen LogP contribution in [0, 0.1) is 0 Å². The molecule has 144 valence electrons. The lowest BCUT2D eigenvalue weighted by Gasteiger charge is -2.23. The van der Waals surface area contributed by atoms with E-state index in [2.05, 4.69) is 34.7 Å². The van der Waals surface area contributed by atoms with Crippen molar-refractivity contribution in [2.24, 2.45) is 4.99 Å². The molecule has 1 unspecified atom stereocenters. The maximum atomic E-state index is 5.46. The quantitative estimate of drug-likeness (QED) is 0.345. The summed E-state index contributed by atoms with van der Waals surface area (Å²) >= 11 is 0. The highest BCUT2D eigenvalue weighted by Gasteiger charge is 2.16. The second-order valence-corrected chi connectivity index (χ2v) is 6.66. The molecule has 0 spiro atoms. The predicted molar refractivity (Wildman–Crippen MR) is 117 cm³/mol. The van der Waals surface area contributed by atoms with Crippen LogP contribution in [0.2, 0.25) is 0 Å². The van der Waals surface area contributed by atoms with E-state index >= 15 is 0 Å². The van der Waals surface area contributed by atoms with Gasteiger partial charge in [0.05, 0.1) is 24.5 Å². The van der Waals surface area contributed by atoms with Crippen molar-refractivity contribution in [3.63, 3.8) is 0 Å². The van der Waals surface area contributed by atoms with Gasteiger partial charge in [-0.1, -0.05) is 30.3 Å². The number of furan rings is 1. The van der Waals surface area contributed by atoms with Gasteiger partial charge in [0.1, 0.15) is 5.76 Å². The van der Waals surface area contributed by atoms with Crippen LogP contribution < -0.4 is 10.6 Å². The first-order chi connectivity index (χ1) is 12.0. The number of nitrogens with zero attached hydrogens (tertiary/aromatic N) is 1. The molecule has 0 bridgehead atoms. The molecular weight excluding hydrogens is 441 g/mol. The van der Waals surface area contributed by atoms with Crippen LogP contribution in [0.3, 0.4) is 0 Å². The van der Waals surface area contributed by atoms with E-state index in [0.717, 1.165) is 24.7 Å². The van der Waals surface area contributed by atoms with E-state index in [9.17, 15) is 0 Å². The van der Waals surface area contributed by atoms with Gasteiger partial charge in [0.2, 0.25) is 0 Å². The molecule has 26 heavy (non-hydrogen) atoms. The minimum atomic E-state index is -0.300. The predicted octanol–water partition coefficient (Wildman–Crippen LogP) is 4.16. The molecule has 1 atom stereocenters. The van der Waals surface area contributed by atoms with E-state index < -0.39 is 0 Å². The summed E-state index contributed by atoms with van der Waals surface area (Å²) in [6.45, 7) is 7.49. The van der Waals surface area contributed by atoms with Crippen molar-refractivity contribution in [3.05, 3.63) is 60.1 Å². The Labute approximate surface area is 173 Å². The van der Waals surface area contributed by atoms with Crippen molar-refractivity contribution < 1.29 is 9.15 Å². The first-order valence-corrected chi connectivity index (χ1v) is 8.67. The number of aliphatic imine (C=N–C) groups is 1. The van der Waals surface area contributed by atoms with Gasteiger partial charge in [-0.25, -0.2) is 0 Å². The van der Waals surface area contributed by atoms with Gasteiger partial charge in [-0.05, 0) is 38.5 Å². The van der Waals surface area contributed by atoms with Gasteiger partial charge in [0.15, 0.2) is 5.96 Å². The summed E-state index contributed by atoms with van der Waals surface area (Å²) in [5.74, 6) is 1.73. The third kappa shape index (κ3) is 7.78. The molecule has 0 saturated carbocycles. The Kier molecular flexibility index (Phi) is 9.72. The van der Waals surface area contributed by atoms with E-state index in [1.54, 1.807) is 13.4 Å². The molecule has 0 amide bonds. The van der Waals surface area contributed by atoms with E-state index in [1.165, 1.54) is 5.56 Å². The average Bonchev–Trinajstić information content (AvgIpc) is 3.13. The number of halogens is 1. The molecule has 1 aromatic heterocycles. The largest absolute Gasteiger partial charge is 0.469 e. The van der Waals surface area contributed by atoms with Crippen LogP contribution in [0.25, 0.3) is 0 Å². The van der Waals surface area contributed by atoms with Gasteiger partial charge in [0.25, 0.3) is 0 Å². The lowest BCUT2D eigenvalue weighted by molar-refractivity contribution is 0.0310. The van der Waals surface area contributed by atoms with Gasteiger partial charge in [-0.15, -0.1) is 24.0 Å². The number of ether oxygens (including phenoxy) is 1. The number of nitrogens with one attached hydrogen (secondary N) is 2. The highest BCUT2D eigenvalue weighted by molar-refractivity contribution is 14.0. The van der Waals surface area contributed by atoms with Crippen molar-refractivity contribution in [2.45, 2.75) is 38.8 Å². The summed E-state index contributed by atoms with van der Waals surface area (Å²) in [5, 5.41) is 6.84. The van der Waals surface area contributed by atoms with Crippen LogP contribution in [0.4, 0.5) is 0 Å². The van der Waals surface area contributed by atoms with E-state index in [1.807, 2.05) is 44.2 Å². The lowest BCUT2D eigenvalue weighted by Crippen LogP contribution is -2.41. The van der Waals surface area contributed by atoms with Gasteiger partial charge in [-0.2, -0.15) is 0 Å². The Balaban J connectivity index is 0.00000338. The molecule has 2 rings (SSSR count). The standard InChI is InChI=1S/C20H29N3O2.HI/c1-16(17-9-6-5-7-10-17)23-19(22-15-20(2,3)24-4)21-13-12-18-11-8-14-25-18;/h5-11,14,16H,12-13,15H2,1-4H3,(H2,21,22,23);1H. The Morgan fingerprint density at radius 3 is 2.54 bits per heavy atom. The lowest BCUT2D eigenvalue weighted by atomic mass is 10.1. The zero-order valence-corrected chi connectivity index (χ0v) is 18.3. The molecule has 0 aliphatic heterocycles. The van der Waals surface area contributed by atoms with Crippen LogP contribution in [-0.4, -0.2) is 31.8 Å². The van der Waals surface area contributed by atoms with Crippen molar-refractivity contribution in [1.29, 1.82) is 0 Å². The zero-order chi connectivity index (χ0) is 18.1. The molecule has 6 heteroatoms. The van der Waals surface area contributed by atoms with Crippen LogP contribution >= 0.6 is 24.0 Å². The topological polar surface area (TPSA) is 58.8 Å². The Morgan fingerprint density at radius 1 is 1.19 bits per heavy atom. The maximum Gasteiger partial charge on any atom is 0.191 e. The van der Waals surface area contributed by atoms with E-state index in [-0.39, 0.29) is 35.6 Å². The normalized spacial score (nSPS) is 13.0. The summed E-state index contributed by atoms with van der Waals surface area (Å²) < 4.78 is 10.8. The summed E-state index contributed by atoms with van der Waals surface area (Å²) in [5.41, 5.74) is 0.917. The van der Waals surface area contributed by atoms with E-state index in [0.29, 0.717) is 6.54 Å². The van der Waals surface area contributed by atoms with Crippen LogP contribution in [0.5, 0.6) is 0 Å². The maximum absolute atomic E-state index is 5.46. The Hall–Kier alpha value is -1.54. The van der Waals surface area contributed by atoms with Gasteiger partial charge < -0.3 is 19.8 Å². The highest BCUT2D eigenvalue weighted by Crippen LogP contribution is 2.12. The minimum absolute atomic E-state index is 0. The molecule has 0 saturated heterocycles. The number of methoxy groups -OCH3 is 1. The van der Waals surface area contributed by atoms with Crippen LogP contribution in [-0.2, 0) is 11.2 Å². The van der Waals surface area contributed by atoms with Crippen molar-refractivity contribution in [1.82, 2.24) is 10.6 Å². The first-order valence-electron chi connectivity index (χ1n) is 8.67. The molecule has 1 heterocycles. The molecule has 0 fully saturated rings. The van der Waals surface area contributed by atoms with E-state index in [4.69, 9.17) is 9.15 Å². The Morgan fingerprint density at radius 2 is 1.92 bits per heavy atom. The number of rotatable bonds is 8. The summed E-state index contributed by atoms with van der Waals surface area (Å²) in [6, 6.07) is 14.4. The number of benzene rings is 1. The van der Waals surface area contributed by atoms with Crippen LogP contribution in [0.1, 0.15) is 38.1 Å². The molecule has 5 nitrogen and oxygen atoms in total. The SMILES string of the molecule is COC(C)(C)CN=C(NCCc1ccco1)NC(C)c1ccccc1.I. The monoisotopic (exact) mass is 471 g/mol. The fourth-order valence-electron chi connectivity index (χ4n) is 2.28. The van der Waals surface area contributed by atoms with Gasteiger partial charge in [0, 0.05) is 20.1 Å². The van der Waals surface area contributed by atoms with Crippen LogP contribution in [0.15, 0.2) is 58.1 Å². The fourth-order valence-corrected chi connectivity index (χ4v) is 2.28. The second kappa shape index (κ2) is 11.2. The molecule has 0 aliphatic rings. The van der Waals surface area contributed by atoms with Crippen molar-refractivity contribution in [2.75, 3.05) is 20.2 Å². The van der Waals surface area contributed by atoms with Crippen molar-refractivity contribution in [3.8, 4) is 0 Å². The number of hydrogen-bond acceptors (Lipinski definition) is 3. The highest BCUT2D eigenvalue weighted by atomic mass is 127. The third-order valence-electron chi connectivity index (χ3n) is 4.07. The van der Waals surface area contributed by atoms with Gasteiger partial charge >= 0.3 is 0 Å². The molecule has 0 aliphatic carbocycles. The Bertz CT molecular complexity index is 642. The molecule has 1 aromatic carbocycles. The summed E-state index contributed by atoms with van der Waals surface area (Å²) in [4.78, 5) is 4.69. The molecule has 2 aromatic rings. The van der Waals surface area contributed by atoms with Crippen molar-refractivity contribution >= 4 is 29.9 Å². The molecule has 0 radical (unpaired) electrons. The molecule has 2 N–H and O–H groups in total. The average molecular weight is 471 g/mol. The van der Waals surface area contributed by atoms with Gasteiger partial charge in [-0.3, -0.25) is 4.99 Å². The number of hydrogen-bond donors (Lipinski definition) is 2. The zero-order valence-electron chi connectivity index (χ0n) is 16.0. The second-order valence-electron chi connectivity index (χ2n) is 6.66. The number of guanidine groups is 1. The summed E-state index contributed by atoms with van der Waals surface area (Å²) in [6.07, 6.45) is 2.50. The fraction of sp³-hybridized carbons (Fsp3) is 0.450. The first kappa shape index (κ1) is 22.5. The third-order valence-corrected chi connectivity index (χ3v) is 4.07. The minimum Gasteiger partial charge on any atom is -0.469 e. The smallest absolute Gasteiger partial charge is 0.191 e. The summed E-state index contributed by atoms with van der Waals surface area (Å²) in [7, 11) is 1.71. The molecular formula is C20H30IN3O2.